The Labute approximate surface area is 182 Å². The van der Waals surface area contributed by atoms with E-state index in [0.29, 0.717) is 33.7 Å². The summed E-state index contributed by atoms with van der Waals surface area (Å²) in [5.41, 5.74) is 2.10. The van der Waals surface area contributed by atoms with Crippen molar-refractivity contribution >= 4 is 46.2 Å². The van der Waals surface area contributed by atoms with Crippen LogP contribution < -0.4 is 15.4 Å². The van der Waals surface area contributed by atoms with Crippen LogP contribution >= 0.6 is 23.2 Å². The molecule has 0 bridgehead atoms. The van der Waals surface area contributed by atoms with E-state index in [1.807, 2.05) is 0 Å². The van der Waals surface area contributed by atoms with Crippen molar-refractivity contribution in [2.24, 2.45) is 0 Å². The second kappa shape index (κ2) is 9.96. The van der Waals surface area contributed by atoms with E-state index in [-0.39, 0.29) is 18.2 Å². The van der Waals surface area contributed by atoms with Crippen molar-refractivity contribution in [1.82, 2.24) is 0 Å². The molecule has 0 heterocycles. The van der Waals surface area contributed by atoms with E-state index in [1.165, 1.54) is 12.1 Å². The topological polar surface area (TPSA) is 93.5 Å². The quantitative estimate of drug-likeness (QED) is 0.351. The van der Waals surface area contributed by atoms with Gasteiger partial charge in [-0.05, 0) is 48.0 Å². The van der Waals surface area contributed by atoms with Crippen molar-refractivity contribution in [2.75, 3.05) is 17.2 Å². The fourth-order valence-electron chi connectivity index (χ4n) is 2.58. The number of nitrogens with one attached hydrogen (secondary N) is 2. The van der Waals surface area contributed by atoms with Crippen LogP contribution in [0.4, 0.5) is 17.1 Å². The zero-order valence-electron chi connectivity index (χ0n) is 15.6. The van der Waals surface area contributed by atoms with Gasteiger partial charge in [-0.2, -0.15) is 0 Å². The number of ether oxygens (including phenoxy) is 1. The first-order valence-corrected chi connectivity index (χ1v) is 9.61. The molecule has 154 valence electrons. The Kier molecular flexibility index (Phi) is 7.11. The number of rotatable bonds is 8. The van der Waals surface area contributed by atoms with Crippen molar-refractivity contribution in [3.8, 4) is 5.75 Å². The van der Waals surface area contributed by atoms with E-state index in [1.54, 1.807) is 54.6 Å². The first-order chi connectivity index (χ1) is 14.4. The number of halogens is 2. The van der Waals surface area contributed by atoms with E-state index in [2.05, 4.69) is 10.6 Å². The first-order valence-electron chi connectivity index (χ1n) is 8.86. The van der Waals surface area contributed by atoms with Crippen LogP contribution in [-0.2, 0) is 11.3 Å². The standard InChI is InChI=1S/C21H17Cl2N3O4/c22-15-5-7-16(8-6-15)25-21(27)13-30-20-9-4-14(10-19(20)23)12-24-17-2-1-3-18(11-17)26(28)29/h1-11,24H,12-13H2,(H,25,27). The largest absolute Gasteiger partial charge is 0.482 e. The summed E-state index contributed by atoms with van der Waals surface area (Å²) in [5, 5.41) is 17.6. The highest BCUT2D eigenvalue weighted by atomic mass is 35.5. The van der Waals surface area contributed by atoms with Crippen molar-refractivity contribution < 1.29 is 14.5 Å². The predicted octanol–water partition coefficient (Wildman–Crippen LogP) is 5.53. The molecule has 0 aliphatic carbocycles. The number of anilines is 2. The molecule has 0 fully saturated rings. The van der Waals surface area contributed by atoms with Gasteiger partial charge in [-0.15, -0.1) is 0 Å². The Morgan fingerprint density at radius 2 is 1.77 bits per heavy atom. The number of hydrogen-bond donors (Lipinski definition) is 2. The van der Waals surface area contributed by atoms with Crippen LogP contribution in [0, 0.1) is 10.1 Å². The minimum Gasteiger partial charge on any atom is -0.482 e. The van der Waals surface area contributed by atoms with Crippen LogP contribution in [-0.4, -0.2) is 17.4 Å². The molecular weight excluding hydrogens is 429 g/mol. The van der Waals surface area contributed by atoms with Gasteiger partial charge in [0.25, 0.3) is 11.6 Å². The van der Waals surface area contributed by atoms with Crippen molar-refractivity contribution in [2.45, 2.75) is 6.54 Å². The molecule has 3 aromatic rings. The molecule has 0 aromatic heterocycles. The first kappa shape index (κ1) is 21.4. The number of hydrogen-bond acceptors (Lipinski definition) is 5. The van der Waals surface area contributed by atoms with Gasteiger partial charge < -0.3 is 15.4 Å². The second-order valence-corrected chi connectivity index (χ2v) is 7.11. The minimum absolute atomic E-state index is 0.0126. The highest BCUT2D eigenvalue weighted by Gasteiger charge is 2.09. The van der Waals surface area contributed by atoms with Crippen molar-refractivity contribution in [3.63, 3.8) is 0 Å². The van der Waals surface area contributed by atoms with Gasteiger partial charge in [0, 0.05) is 35.1 Å². The summed E-state index contributed by atoms with van der Waals surface area (Å²) in [4.78, 5) is 22.4. The normalized spacial score (nSPS) is 10.3. The number of nitro groups is 1. The Morgan fingerprint density at radius 1 is 1.00 bits per heavy atom. The summed E-state index contributed by atoms with van der Waals surface area (Å²) in [7, 11) is 0. The molecule has 0 aliphatic heterocycles. The Hall–Kier alpha value is -3.29. The number of nitrogens with zero attached hydrogens (tertiary/aromatic N) is 1. The third-order valence-corrected chi connectivity index (χ3v) is 4.58. The van der Waals surface area contributed by atoms with Gasteiger partial charge in [0.2, 0.25) is 0 Å². The highest BCUT2D eigenvalue weighted by molar-refractivity contribution is 6.32. The maximum atomic E-state index is 12.0. The SMILES string of the molecule is O=C(COc1ccc(CNc2cccc([N+](=O)[O-])c2)cc1Cl)Nc1ccc(Cl)cc1. The lowest BCUT2D eigenvalue weighted by molar-refractivity contribution is -0.384. The van der Waals surface area contributed by atoms with Gasteiger partial charge in [0.1, 0.15) is 5.75 Å². The third-order valence-electron chi connectivity index (χ3n) is 4.04. The van der Waals surface area contributed by atoms with E-state index in [9.17, 15) is 14.9 Å². The van der Waals surface area contributed by atoms with Gasteiger partial charge in [0.05, 0.1) is 9.95 Å². The van der Waals surface area contributed by atoms with Gasteiger partial charge in [-0.3, -0.25) is 14.9 Å². The predicted molar refractivity (Wildman–Crippen MR) is 117 cm³/mol. The smallest absolute Gasteiger partial charge is 0.271 e. The summed E-state index contributed by atoms with van der Waals surface area (Å²) in [6.45, 7) is 0.214. The Bertz CT molecular complexity index is 1060. The van der Waals surface area contributed by atoms with Gasteiger partial charge >= 0.3 is 0 Å². The molecule has 30 heavy (non-hydrogen) atoms. The molecule has 0 atom stereocenters. The summed E-state index contributed by atoms with van der Waals surface area (Å²) < 4.78 is 5.49. The van der Waals surface area contributed by atoms with Crippen LogP contribution in [0.1, 0.15) is 5.56 Å². The molecule has 7 nitrogen and oxygen atoms in total. The Morgan fingerprint density at radius 3 is 2.47 bits per heavy atom. The highest BCUT2D eigenvalue weighted by Crippen LogP contribution is 2.26. The third kappa shape index (κ3) is 6.10. The van der Waals surface area contributed by atoms with Crippen LogP contribution in [0.2, 0.25) is 10.0 Å². The molecular formula is C21H17Cl2N3O4. The number of carbonyl (C=O) groups is 1. The number of nitro benzene ring substituents is 1. The van der Waals surface area contributed by atoms with Crippen LogP contribution in [0.25, 0.3) is 0 Å². The number of benzene rings is 3. The average molecular weight is 446 g/mol. The molecule has 0 aliphatic rings. The molecule has 1 amide bonds. The minimum atomic E-state index is -0.447. The number of amides is 1. The molecule has 3 aromatic carbocycles. The fourth-order valence-corrected chi connectivity index (χ4v) is 2.96. The number of non-ortho nitro benzene ring substituents is 1. The van der Waals surface area contributed by atoms with Gasteiger partial charge in [-0.1, -0.05) is 35.3 Å². The fraction of sp³-hybridized carbons (Fsp3) is 0.0952. The molecule has 0 saturated heterocycles. The molecule has 0 spiro atoms. The molecule has 0 unspecified atom stereocenters. The molecule has 0 saturated carbocycles. The molecule has 3 rings (SSSR count). The van der Waals surface area contributed by atoms with E-state index in [4.69, 9.17) is 27.9 Å². The summed E-state index contributed by atoms with van der Waals surface area (Å²) in [5.74, 6) is 0.0480. The average Bonchev–Trinajstić information content (AvgIpc) is 2.73. The monoisotopic (exact) mass is 445 g/mol. The lowest BCUT2D eigenvalue weighted by atomic mass is 10.2. The van der Waals surface area contributed by atoms with E-state index >= 15 is 0 Å². The second-order valence-electron chi connectivity index (χ2n) is 6.27. The van der Waals surface area contributed by atoms with Crippen LogP contribution in [0.5, 0.6) is 5.75 Å². The van der Waals surface area contributed by atoms with Gasteiger partial charge in [-0.25, -0.2) is 0 Å². The zero-order chi connectivity index (χ0) is 21.5. The van der Waals surface area contributed by atoms with E-state index in [0.717, 1.165) is 5.56 Å². The summed E-state index contributed by atoms with van der Waals surface area (Å²) >= 11 is 12.1. The molecule has 9 heteroatoms. The van der Waals surface area contributed by atoms with Crippen molar-refractivity contribution in [1.29, 1.82) is 0 Å². The maximum Gasteiger partial charge on any atom is 0.271 e. The molecule has 0 radical (unpaired) electrons. The maximum absolute atomic E-state index is 12.0. The zero-order valence-corrected chi connectivity index (χ0v) is 17.1. The lowest BCUT2D eigenvalue weighted by Gasteiger charge is -2.11. The lowest BCUT2D eigenvalue weighted by Crippen LogP contribution is -2.20. The van der Waals surface area contributed by atoms with Crippen LogP contribution in [0.3, 0.4) is 0 Å². The van der Waals surface area contributed by atoms with Crippen LogP contribution in [0.15, 0.2) is 66.7 Å². The van der Waals surface area contributed by atoms with E-state index < -0.39 is 4.92 Å². The van der Waals surface area contributed by atoms with Crippen molar-refractivity contribution in [3.05, 3.63) is 92.5 Å². The number of carbonyl (C=O) groups excluding carboxylic acids is 1. The molecule has 2 N–H and O–H groups in total. The van der Waals surface area contributed by atoms with Gasteiger partial charge in [0.15, 0.2) is 6.61 Å². The summed E-state index contributed by atoms with van der Waals surface area (Å²) in [6, 6.07) is 18.1. The Balaban J connectivity index is 1.53. The summed E-state index contributed by atoms with van der Waals surface area (Å²) in [6.07, 6.45) is 0.